The van der Waals surface area contributed by atoms with Crippen LogP contribution in [-0.2, 0) is 4.79 Å². The predicted octanol–water partition coefficient (Wildman–Crippen LogP) is 1.89. The highest BCUT2D eigenvalue weighted by atomic mass is 16.3. The third-order valence-electron chi connectivity index (χ3n) is 4.93. The Balaban J connectivity index is 2.19. The molecule has 0 aromatic heterocycles. The van der Waals surface area contributed by atoms with Gasteiger partial charge in [-0.1, -0.05) is 20.3 Å². The fraction of sp³-hybridized carbons (Fsp3) is 0.867. The number of nitrogens with one attached hydrogen (secondary N) is 1. The van der Waals surface area contributed by atoms with Gasteiger partial charge < -0.3 is 10.4 Å². The van der Waals surface area contributed by atoms with Crippen molar-refractivity contribution in [1.29, 1.82) is 0 Å². The number of rotatable bonds is 3. The Labute approximate surface area is 120 Å². The molecule has 0 radical (unpaired) electrons. The molecule has 2 atom stereocenters. The van der Waals surface area contributed by atoms with Crippen molar-refractivity contribution in [3.63, 3.8) is 0 Å². The van der Waals surface area contributed by atoms with E-state index in [0.29, 0.717) is 6.42 Å². The Hall–Kier alpha value is -1.10. The van der Waals surface area contributed by atoms with Gasteiger partial charge in [0.05, 0.1) is 5.60 Å². The lowest BCUT2D eigenvalue weighted by atomic mass is 9.67. The zero-order valence-electron chi connectivity index (χ0n) is 12.9. The molecule has 1 spiro atoms. The van der Waals surface area contributed by atoms with Crippen LogP contribution in [0.5, 0.6) is 0 Å². The molecule has 5 nitrogen and oxygen atoms in total. The molecule has 1 aliphatic carbocycles. The summed E-state index contributed by atoms with van der Waals surface area (Å²) in [6.45, 7) is 7.75. The standard InChI is InChI=1S/C15H26N2O3/c1-10-6-5-7-11(2)15(10)12(18)17(13(19)16-15)9-8-14(3,4)20/h10-11,20H,5-9H2,1-4H3,(H,16,19). The highest BCUT2D eigenvalue weighted by Gasteiger charge is 2.58. The normalized spacial score (nSPS) is 34.8. The van der Waals surface area contributed by atoms with Gasteiger partial charge in [0.25, 0.3) is 5.91 Å². The van der Waals surface area contributed by atoms with Crippen molar-refractivity contribution in [3.8, 4) is 0 Å². The number of hydrogen-bond acceptors (Lipinski definition) is 3. The molecule has 3 amide bonds. The SMILES string of the molecule is CC1CCCC(C)C12NC(=O)N(CCC(C)(C)O)C2=O. The summed E-state index contributed by atoms with van der Waals surface area (Å²) in [4.78, 5) is 26.3. The summed E-state index contributed by atoms with van der Waals surface area (Å²) in [5, 5.41) is 12.7. The summed E-state index contributed by atoms with van der Waals surface area (Å²) in [7, 11) is 0. The zero-order chi connectivity index (χ0) is 15.1. The van der Waals surface area contributed by atoms with Crippen molar-refractivity contribution in [3.05, 3.63) is 0 Å². The summed E-state index contributed by atoms with van der Waals surface area (Å²) in [5.74, 6) is 0.219. The van der Waals surface area contributed by atoms with E-state index in [1.54, 1.807) is 13.8 Å². The first-order chi connectivity index (χ1) is 9.18. The van der Waals surface area contributed by atoms with Crippen LogP contribution in [0.3, 0.4) is 0 Å². The van der Waals surface area contributed by atoms with E-state index in [-0.39, 0.29) is 30.3 Å². The Kier molecular flexibility index (Phi) is 3.84. The molecule has 1 heterocycles. The summed E-state index contributed by atoms with van der Waals surface area (Å²) < 4.78 is 0. The molecule has 0 bridgehead atoms. The highest BCUT2D eigenvalue weighted by Crippen LogP contribution is 2.42. The Morgan fingerprint density at radius 3 is 2.35 bits per heavy atom. The topological polar surface area (TPSA) is 69.6 Å². The van der Waals surface area contributed by atoms with E-state index >= 15 is 0 Å². The highest BCUT2D eigenvalue weighted by molar-refractivity contribution is 6.07. The molecule has 0 aromatic rings. The zero-order valence-corrected chi connectivity index (χ0v) is 12.9. The lowest BCUT2D eigenvalue weighted by Crippen LogP contribution is -2.58. The number of amides is 3. The van der Waals surface area contributed by atoms with Gasteiger partial charge in [0, 0.05) is 6.54 Å². The molecule has 0 aromatic carbocycles. The predicted molar refractivity (Wildman–Crippen MR) is 76.1 cm³/mol. The number of imide groups is 1. The van der Waals surface area contributed by atoms with Crippen LogP contribution < -0.4 is 5.32 Å². The first kappa shape index (κ1) is 15.3. The van der Waals surface area contributed by atoms with Crippen molar-refractivity contribution < 1.29 is 14.7 Å². The minimum atomic E-state index is -0.875. The van der Waals surface area contributed by atoms with E-state index in [0.717, 1.165) is 19.3 Å². The van der Waals surface area contributed by atoms with Gasteiger partial charge in [0.2, 0.25) is 0 Å². The van der Waals surface area contributed by atoms with E-state index in [9.17, 15) is 14.7 Å². The second-order valence-corrected chi connectivity index (χ2v) is 7.05. The maximum absolute atomic E-state index is 12.8. The molecule has 1 saturated heterocycles. The summed E-state index contributed by atoms with van der Waals surface area (Å²) in [5.41, 5.74) is -1.60. The van der Waals surface area contributed by atoms with E-state index in [4.69, 9.17) is 0 Å². The summed E-state index contributed by atoms with van der Waals surface area (Å²) >= 11 is 0. The minimum absolute atomic E-state index is 0.105. The number of carbonyl (C=O) groups is 2. The number of urea groups is 1. The number of aliphatic hydroxyl groups is 1. The van der Waals surface area contributed by atoms with Crippen LogP contribution in [0, 0.1) is 11.8 Å². The van der Waals surface area contributed by atoms with Crippen molar-refractivity contribution in [1.82, 2.24) is 10.2 Å². The monoisotopic (exact) mass is 282 g/mol. The Morgan fingerprint density at radius 1 is 1.30 bits per heavy atom. The number of hydrogen-bond donors (Lipinski definition) is 2. The smallest absolute Gasteiger partial charge is 0.325 e. The molecular formula is C15H26N2O3. The van der Waals surface area contributed by atoms with Crippen LogP contribution in [0.2, 0.25) is 0 Å². The van der Waals surface area contributed by atoms with Crippen molar-refractivity contribution >= 4 is 11.9 Å². The molecule has 2 fully saturated rings. The van der Waals surface area contributed by atoms with Crippen LogP contribution in [0.1, 0.15) is 53.4 Å². The molecule has 2 aliphatic rings. The third-order valence-corrected chi connectivity index (χ3v) is 4.93. The summed E-state index contributed by atoms with van der Waals surface area (Å²) in [6, 6.07) is -0.306. The van der Waals surface area contributed by atoms with Crippen molar-refractivity contribution in [2.75, 3.05) is 6.54 Å². The van der Waals surface area contributed by atoms with Crippen LogP contribution in [0.4, 0.5) is 4.79 Å². The first-order valence-corrected chi connectivity index (χ1v) is 7.55. The van der Waals surface area contributed by atoms with E-state index in [1.807, 2.05) is 13.8 Å². The molecule has 2 unspecified atom stereocenters. The van der Waals surface area contributed by atoms with Gasteiger partial charge in [-0.15, -0.1) is 0 Å². The van der Waals surface area contributed by atoms with Crippen LogP contribution in [0.25, 0.3) is 0 Å². The fourth-order valence-electron chi connectivity index (χ4n) is 3.54. The Bertz CT molecular complexity index is 404. The Morgan fingerprint density at radius 2 is 1.85 bits per heavy atom. The van der Waals surface area contributed by atoms with Crippen molar-refractivity contribution in [2.45, 2.75) is 64.5 Å². The second kappa shape index (κ2) is 5.02. The molecule has 1 aliphatic heterocycles. The molecule has 5 heteroatoms. The molecular weight excluding hydrogens is 256 g/mol. The third kappa shape index (κ3) is 2.43. The van der Waals surface area contributed by atoms with Gasteiger partial charge in [0.1, 0.15) is 5.54 Å². The molecule has 114 valence electrons. The maximum atomic E-state index is 12.8. The van der Waals surface area contributed by atoms with Gasteiger partial charge in [-0.25, -0.2) is 4.79 Å². The van der Waals surface area contributed by atoms with Crippen LogP contribution >= 0.6 is 0 Å². The first-order valence-electron chi connectivity index (χ1n) is 7.55. The number of carbonyl (C=O) groups excluding carboxylic acids is 2. The van der Waals surface area contributed by atoms with Gasteiger partial charge >= 0.3 is 6.03 Å². The molecule has 1 saturated carbocycles. The maximum Gasteiger partial charge on any atom is 0.325 e. The number of nitrogens with zero attached hydrogens (tertiary/aromatic N) is 1. The largest absolute Gasteiger partial charge is 0.390 e. The minimum Gasteiger partial charge on any atom is -0.390 e. The van der Waals surface area contributed by atoms with Crippen LogP contribution in [0.15, 0.2) is 0 Å². The molecule has 2 rings (SSSR count). The quantitative estimate of drug-likeness (QED) is 0.777. The fourth-order valence-corrected chi connectivity index (χ4v) is 3.54. The van der Waals surface area contributed by atoms with E-state index in [1.165, 1.54) is 4.90 Å². The van der Waals surface area contributed by atoms with Crippen LogP contribution in [-0.4, -0.2) is 39.6 Å². The van der Waals surface area contributed by atoms with E-state index < -0.39 is 11.1 Å². The average molecular weight is 282 g/mol. The molecule has 2 N–H and O–H groups in total. The van der Waals surface area contributed by atoms with E-state index in [2.05, 4.69) is 5.32 Å². The van der Waals surface area contributed by atoms with Gasteiger partial charge in [-0.05, 0) is 44.9 Å². The van der Waals surface area contributed by atoms with Gasteiger partial charge in [-0.3, -0.25) is 9.69 Å². The summed E-state index contributed by atoms with van der Waals surface area (Å²) in [6.07, 6.45) is 3.44. The van der Waals surface area contributed by atoms with Gasteiger partial charge in [-0.2, -0.15) is 0 Å². The van der Waals surface area contributed by atoms with Crippen molar-refractivity contribution in [2.24, 2.45) is 11.8 Å². The van der Waals surface area contributed by atoms with Gasteiger partial charge in [0.15, 0.2) is 0 Å². The lowest BCUT2D eigenvalue weighted by molar-refractivity contribution is -0.136. The molecule has 20 heavy (non-hydrogen) atoms. The second-order valence-electron chi connectivity index (χ2n) is 7.05. The average Bonchev–Trinajstić information content (AvgIpc) is 2.56. The lowest BCUT2D eigenvalue weighted by Gasteiger charge is -2.42.